The van der Waals surface area contributed by atoms with Gasteiger partial charge in [-0.3, -0.25) is 10.1 Å². The van der Waals surface area contributed by atoms with Crippen molar-refractivity contribution in [1.29, 1.82) is 0 Å². The molecule has 0 N–H and O–H groups in total. The third kappa shape index (κ3) is 3.11. The van der Waals surface area contributed by atoms with Gasteiger partial charge < -0.3 is 9.47 Å². The summed E-state index contributed by atoms with van der Waals surface area (Å²) in [6, 6.07) is 9.54. The maximum Gasteiger partial charge on any atom is 0.223 e. The van der Waals surface area contributed by atoms with Gasteiger partial charge in [0.25, 0.3) is 0 Å². The molecule has 1 atom stereocenters. The maximum atomic E-state index is 11.3. The van der Waals surface area contributed by atoms with Crippen molar-refractivity contribution in [2.75, 3.05) is 13.2 Å². The Morgan fingerprint density at radius 3 is 2.42 bits per heavy atom. The standard InChI is InChI=1S/C14H19NO4/c1-14(2,15(16)17)12(10-13-18-8-9-19-13)11-6-4-3-5-7-11/h3-7,12-13H,8-10H2,1-2H3. The zero-order chi connectivity index (χ0) is 13.9. The monoisotopic (exact) mass is 265 g/mol. The van der Waals surface area contributed by atoms with E-state index in [2.05, 4.69) is 0 Å². The molecular formula is C14H19NO4. The van der Waals surface area contributed by atoms with E-state index in [0.29, 0.717) is 19.6 Å². The van der Waals surface area contributed by atoms with Gasteiger partial charge in [-0.05, 0) is 5.56 Å². The second kappa shape index (κ2) is 5.67. The normalized spacial score (nSPS) is 18.4. The lowest BCUT2D eigenvalue weighted by Crippen LogP contribution is -2.39. The molecule has 1 aromatic carbocycles. The van der Waals surface area contributed by atoms with Crippen LogP contribution < -0.4 is 0 Å². The lowest BCUT2D eigenvalue weighted by atomic mass is 9.80. The van der Waals surface area contributed by atoms with E-state index in [1.165, 1.54) is 0 Å². The third-order valence-electron chi connectivity index (χ3n) is 3.64. The molecule has 0 saturated carbocycles. The van der Waals surface area contributed by atoms with Crippen LogP contribution in [0.3, 0.4) is 0 Å². The van der Waals surface area contributed by atoms with E-state index in [1.807, 2.05) is 30.3 Å². The van der Waals surface area contributed by atoms with E-state index in [0.717, 1.165) is 5.56 Å². The number of nitro groups is 1. The molecule has 5 nitrogen and oxygen atoms in total. The van der Waals surface area contributed by atoms with Gasteiger partial charge in [0.2, 0.25) is 5.54 Å². The summed E-state index contributed by atoms with van der Waals surface area (Å²) in [6.45, 7) is 4.43. The zero-order valence-electron chi connectivity index (χ0n) is 11.2. The average Bonchev–Trinajstić information content (AvgIpc) is 2.89. The molecule has 1 aromatic rings. The first-order valence-electron chi connectivity index (χ1n) is 6.44. The Morgan fingerprint density at radius 1 is 1.32 bits per heavy atom. The van der Waals surface area contributed by atoms with Crippen LogP contribution in [0.15, 0.2) is 30.3 Å². The molecule has 1 unspecified atom stereocenters. The summed E-state index contributed by atoms with van der Waals surface area (Å²) in [5.74, 6) is -0.244. The first-order valence-corrected chi connectivity index (χ1v) is 6.44. The number of hydrogen-bond donors (Lipinski definition) is 0. The fraction of sp³-hybridized carbons (Fsp3) is 0.571. The molecule has 0 spiro atoms. The molecule has 1 heterocycles. The van der Waals surface area contributed by atoms with E-state index in [1.54, 1.807) is 13.8 Å². The average molecular weight is 265 g/mol. The lowest BCUT2D eigenvalue weighted by molar-refractivity contribution is -0.566. The molecule has 0 aliphatic carbocycles. The van der Waals surface area contributed by atoms with Crippen LogP contribution in [-0.2, 0) is 9.47 Å². The number of rotatable bonds is 5. The molecule has 0 radical (unpaired) electrons. The highest BCUT2D eigenvalue weighted by Crippen LogP contribution is 2.35. The third-order valence-corrected chi connectivity index (χ3v) is 3.64. The second-order valence-corrected chi connectivity index (χ2v) is 5.28. The highest BCUT2D eigenvalue weighted by molar-refractivity contribution is 5.22. The van der Waals surface area contributed by atoms with Gasteiger partial charge in [0, 0.05) is 25.2 Å². The van der Waals surface area contributed by atoms with Gasteiger partial charge in [-0.25, -0.2) is 0 Å². The van der Waals surface area contributed by atoms with Crippen molar-refractivity contribution in [3.8, 4) is 0 Å². The van der Waals surface area contributed by atoms with E-state index >= 15 is 0 Å². The molecule has 19 heavy (non-hydrogen) atoms. The van der Waals surface area contributed by atoms with Crippen LogP contribution in [0, 0.1) is 10.1 Å². The molecule has 0 amide bonds. The molecular weight excluding hydrogens is 246 g/mol. The van der Waals surface area contributed by atoms with Crippen LogP contribution in [0.25, 0.3) is 0 Å². The van der Waals surface area contributed by atoms with Gasteiger partial charge in [-0.15, -0.1) is 0 Å². The first-order chi connectivity index (χ1) is 9.01. The summed E-state index contributed by atoms with van der Waals surface area (Å²) in [5, 5.41) is 11.3. The van der Waals surface area contributed by atoms with Crippen molar-refractivity contribution in [2.45, 2.75) is 38.0 Å². The van der Waals surface area contributed by atoms with Crippen molar-refractivity contribution in [2.24, 2.45) is 0 Å². The Labute approximate surface area is 112 Å². The molecule has 0 bridgehead atoms. The second-order valence-electron chi connectivity index (χ2n) is 5.28. The molecule has 5 heteroatoms. The van der Waals surface area contributed by atoms with Crippen LogP contribution in [-0.4, -0.2) is 30.0 Å². The summed E-state index contributed by atoms with van der Waals surface area (Å²) in [4.78, 5) is 11.1. The minimum absolute atomic E-state index is 0.223. The predicted molar refractivity (Wildman–Crippen MR) is 70.6 cm³/mol. The number of ether oxygens (including phenoxy) is 2. The van der Waals surface area contributed by atoms with Crippen molar-refractivity contribution in [3.63, 3.8) is 0 Å². The van der Waals surface area contributed by atoms with Gasteiger partial charge in [0.05, 0.1) is 19.1 Å². The zero-order valence-corrected chi connectivity index (χ0v) is 11.2. The van der Waals surface area contributed by atoms with Gasteiger partial charge in [-0.2, -0.15) is 0 Å². The van der Waals surface area contributed by atoms with Crippen molar-refractivity contribution in [1.82, 2.24) is 0 Å². The smallest absolute Gasteiger partial charge is 0.223 e. The number of benzene rings is 1. The Morgan fingerprint density at radius 2 is 1.89 bits per heavy atom. The largest absolute Gasteiger partial charge is 0.350 e. The van der Waals surface area contributed by atoms with Crippen molar-refractivity contribution >= 4 is 0 Å². The molecule has 1 aliphatic rings. The summed E-state index contributed by atoms with van der Waals surface area (Å²) in [6.07, 6.45) is 0.155. The molecule has 1 fully saturated rings. The fourth-order valence-corrected chi connectivity index (χ4v) is 2.38. The van der Waals surface area contributed by atoms with Gasteiger partial charge in [0.1, 0.15) is 0 Å². The Hall–Kier alpha value is -1.46. The van der Waals surface area contributed by atoms with Crippen LogP contribution in [0.4, 0.5) is 0 Å². The van der Waals surface area contributed by atoms with E-state index in [9.17, 15) is 10.1 Å². The van der Waals surface area contributed by atoms with Crippen LogP contribution in [0.2, 0.25) is 0 Å². The van der Waals surface area contributed by atoms with Gasteiger partial charge in [-0.1, -0.05) is 30.3 Å². The molecule has 1 aliphatic heterocycles. The minimum atomic E-state index is -1.06. The highest BCUT2D eigenvalue weighted by Gasteiger charge is 2.43. The Kier molecular flexibility index (Phi) is 4.17. The van der Waals surface area contributed by atoms with Crippen LogP contribution in [0.5, 0.6) is 0 Å². The number of nitrogens with zero attached hydrogens (tertiary/aromatic N) is 1. The molecule has 104 valence electrons. The van der Waals surface area contributed by atoms with E-state index in [4.69, 9.17) is 9.47 Å². The van der Waals surface area contributed by atoms with Gasteiger partial charge in [0.15, 0.2) is 6.29 Å². The summed E-state index contributed by atoms with van der Waals surface area (Å²) in [5.41, 5.74) is -0.111. The van der Waals surface area contributed by atoms with E-state index < -0.39 is 5.54 Å². The number of hydrogen-bond acceptors (Lipinski definition) is 4. The fourth-order valence-electron chi connectivity index (χ4n) is 2.38. The molecule has 1 saturated heterocycles. The van der Waals surface area contributed by atoms with Crippen molar-refractivity contribution < 1.29 is 14.4 Å². The lowest BCUT2D eigenvalue weighted by Gasteiger charge is -2.28. The summed E-state index contributed by atoms with van der Waals surface area (Å²) < 4.78 is 10.9. The highest BCUT2D eigenvalue weighted by atomic mass is 16.7. The quantitative estimate of drug-likeness (QED) is 0.606. The Balaban J connectivity index is 2.25. The SMILES string of the molecule is CC(C)(C(CC1OCCO1)c1ccccc1)[N+](=O)[O-]. The van der Waals surface area contributed by atoms with Gasteiger partial charge >= 0.3 is 0 Å². The summed E-state index contributed by atoms with van der Waals surface area (Å²) >= 11 is 0. The van der Waals surface area contributed by atoms with Crippen molar-refractivity contribution in [3.05, 3.63) is 46.0 Å². The van der Waals surface area contributed by atoms with Crippen LogP contribution >= 0.6 is 0 Å². The van der Waals surface area contributed by atoms with E-state index in [-0.39, 0.29) is 17.1 Å². The minimum Gasteiger partial charge on any atom is -0.350 e. The topological polar surface area (TPSA) is 61.6 Å². The predicted octanol–water partition coefficient (Wildman–Crippen LogP) is 2.59. The Bertz CT molecular complexity index is 426. The molecule has 2 rings (SSSR count). The van der Waals surface area contributed by atoms with Crippen LogP contribution in [0.1, 0.15) is 31.7 Å². The molecule has 0 aromatic heterocycles. The first kappa shape index (κ1) is 14.0. The maximum absolute atomic E-state index is 11.3. The summed E-state index contributed by atoms with van der Waals surface area (Å²) in [7, 11) is 0.